The van der Waals surface area contributed by atoms with Crippen molar-refractivity contribution >= 4 is 11.5 Å². The lowest BCUT2D eigenvalue weighted by atomic mass is 10.0. The number of nitrogens with zero attached hydrogens (tertiary/aromatic N) is 5. The Labute approximate surface area is 146 Å². The van der Waals surface area contributed by atoms with E-state index in [-0.39, 0.29) is 5.56 Å². The van der Waals surface area contributed by atoms with Crippen LogP contribution in [0.1, 0.15) is 31.2 Å². The quantitative estimate of drug-likeness (QED) is 0.858. The van der Waals surface area contributed by atoms with Crippen LogP contribution in [0.5, 0.6) is 0 Å². The van der Waals surface area contributed by atoms with Gasteiger partial charge in [-0.3, -0.25) is 0 Å². The minimum Gasteiger partial charge on any atom is -0.370 e. The van der Waals surface area contributed by atoms with Gasteiger partial charge in [0, 0.05) is 31.4 Å². The van der Waals surface area contributed by atoms with Crippen molar-refractivity contribution in [3.8, 4) is 6.07 Å². The van der Waals surface area contributed by atoms with Crippen LogP contribution in [0.15, 0.2) is 36.8 Å². The topological polar surface area (TPSA) is 56.1 Å². The maximum atomic E-state index is 13.9. The molecule has 4 rings (SSSR count). The Hall–Kier alpha value is -2.68. The molecule has 25 heavy (non-hydrogen) atoms. The lowest BCUT2D eigenvalue weighted by molar-refractivity contribution is 0.458. The molecule has 2 aliphatic rings. The fourth-order valence-electron chi connectivity index (χ4n) is 3.73. The van der Waals surface area contributed by atoms with Crippen molar-refractivity contribution in [3.63, 3.8) is 0 Å². The van der Waals surface area contributed by atoms with Gasteiger partial charge in [0.1, 0.15) is 29.6 Å². The summed E-state index contributed by atoms with van der Waals surface area (Å²) in [7, 11) is 0. The molecule has 6 heteroatoms. The predicted octanol–water partition coefficient (Wildman–Crippen LogP) is 3.13. The zero-order chi connectivity index (χ0) is 17.2. The van der Waals surface area contributed by atoms with Gasteiger partial charge in [0.15, 0.2) is 0 Å². The van der Waals surface area contributed by atoms with Gasteiger partial charge in [-0.15, -0.1) is 0 Å². The number of anilines is 2. The lowest BCUT2D eigenvalue weighted by Crippen LogP contribution is -2.46. The molecule has 0 atom stereocenters. The summed E-state index contributed by atoms with van der Waals surface area (Å²) in [5.41, 5.74) is 0.858. The van der Waals surface area contributed by atoms with Crippen LogP contribution in [0.3, 0.4) is 0 Å². The van der Waals surface area contributed by atoms with Gasteiger partial charge in [-0.05, 0) is 43.9 Å². The van der Waals surface area contributed by atoms with Gasteiger partial charge in [0.2, 0.25) is 0 Å². The zero-order valence-electron chi connectivity index (χ0n) is 14.0. The number of benzene rings is 1. The number of hydrogen-bond acceptors (Lipinski definition) is 5. The normalized spacial score (nSPS) is 18.0. The number of aromatic nitrogens is 2. The first-order valence-electron chi connectivity index (χ1n) is 8.76. The Morgan fingerprint density at radius 1 is 1.12 bits per heavy atom. The number of hydrogen-bond donors (Lipinski definition) is 0. The fraction of sp³-hybridized carbons (Fsp3) is 0.421. The Kier molecular flexibility index (Phi) is 4.22. The van der Waals surface area contributed by atoms with E-state index in [1.807, 2.05) is 18.2 Å². The van der Waals surface area contributed by atoms with Crippen molar-refractivity contribution in [1.82, 2.24) is 9.97 Å². The molecule has 2 aromatic rings. The molecule has 128 valence electrons. The third-order valence-electron chi connectivity index (χ3n) is 5.07. The monoisotopic (exact) mass is 337 g/mol. The van der Waals surface area contributed by atoms with Crippen LogP contribution in [-0.4, -0.2) is 35.1 Å². The summed E-state index contributed by atoms with van der Waals surface area (Å²) in [5.74, 6) is 0.558. The lowest BCUT2D eigenvalue weighted by Gasteiger charge is -2.40. The number of piperidine rings is 1. The molecule has 0 unspecified atom stereocenters. The van der Waals surface area contributed by atoms with Crippen molar-refractivity contribution < 1.29 is 4.39 Å². The second-order valence-corrected chi connectivity index (χ2v) is 6.67. The predicted molar refractivity (Wildman–Crippen MR) is 93.9 cm³/mol. The van der Waals surface area contributed by atoms with Crippen LogP contribution in [0, 0.1) is 17.1 Å². The number of halogens is 1. The van der Waals surface area contributed by atoms with Crippen LogP contribution >= 0.6 is 0 Å². The summed E-state index contributed by atoms with van der Waals surface area (Å²) < 4.78 is 13.9. The third-order valence-corrected chi connectivity index (χ3v) is 5.07. The highest BCUT2D eigenvalue weighted by Crippen LogP contribution is 2.36. The first-order valence-corrected chi connectivity index (χ1v) is 8.76. The highest BCUT2D eigenvalue weighted by atomic mass is 19.1. The molecule has 2 heterocycles. The van der Waals surface area contributed by atoms with Crippen molar-refractivity contribution in [2.45, 2.75) is 37.8 Å². The average Bonchev–Trinajstić information content (AvgIpc) is 3.48. The molecular weight excluding hydrogens is 317 g/mol. The Bertz CT molecular complexity index is 776. The Balaban J connectivity index is 1.50. The van der Waals surface area contributed by atoms with Gasteiger partial charge in [-0.25, -0.2) is 14.4 Å². The second kappa shape index (κ2) is 6.67. The van der Waals surface area contributed by atoms with E-state index in [2.05, 4.69) is 19.8 Å². The minimum atomic E-state index is -0.442. The minimum absolute atomic E-state index is 0.149. The van der Waals surface area contributed by atoms with E-state index >= 15 is 0 Å². The van der Waals surface area contributed by atoms with Crippen LogP contribution in [0.2, 0.25) is 0 Å². The first kappa shape index (κ1) is 15.8. The smallest absolute Gasteiger partial charge is 0.143 e. The van der Waals surface area contributed by atoms with E-state index in [4.69, 9.17) is 0 Å². The van der Waals surface area contributed by atoms with E-state index < -0.39 is 5.82 Å². The Morgan fingerprint density at radius 3 is 2.52 bits per heavy atom. The average molecular weight is 337 g/mol. The molecule has 1 aliphatic carbocycles. The summed E-state index contributed by atoms with van der Waals surface area (Å²) in [6.45, 7) is 1.63. The molecular formula is C19H20FN5. The van der Waals surface area contributed by atoms with Gasteiger partial charge in [-0.2, -0.15) is 5.26 Å². The summed E-state index contributed by atoms with van der Waals surface area (Å²) in [6, 6.07) is 9.85. The standard InChI is InChI=1S/C19H20FN5/c20-17-2-1-3-18(16(17)12-21)24-10-7-15(8-11-24)25(14-4-5-14)19-6-9-22-13-23-19/h1-3,6,9,13-15H,4-5,7-8,10-11H2. The molecule has 2 fully saturated rings. The molecule has 0 amide bonds. The first-order chi connectivity index (χ1) is 12.3. The van der Waals surface area contributed by atoms with E-state index in [0.29, 0.717) is 17.8 Å². The molecule has 0 spiro atoms. The molecule has 0 N–H and O–H groups in total. The number of nitriles is 1. The molecule has 1 aromatic carbocycles. The summed E-state index contributed by atoms with van der Waals surface area (Å²) >= 11 is 0. The fourth-order valence-corrected chi connectivity index (χ4v) is 3.73. The highest BCUT2D eigenvalue weighted by Gasteiger charge is 2.36. The number of rotatable bonds is 4. The highest BCUT2D eigenvalue weighted by molar-refractivity contribution is 5.60. The molecule has 0 radical (unpaired) electrons. The summed E-state index contributed by atoms with van der Waals surface area (Å²) in [5, 5.41) is 9.26. The summed E-state index contributed by atoms with van der Waals surface area (Å²) in [4.78, 5) is 13.0. The van der Waals surface area contributed by atoms with Crippen molar-refractivity contribution in [3.05, 3.63) is 48.2 Å². The van der Waals surface area contributed by atoms with Crippen molar-refractivity contribution in [1.29, 1.82) is 5.26 Å². The largest absolute Gasteiger partial charge is 0.370 e. The van der Waals surface area contributed by atoms with Gasteiger partial charge < -0.3 is 9.80 Å². The molecule has 0 bridgehead atoms. The van der Waals surface area contributed by atoms with Gasteiger partial charge >= 0.3 is 0 Å². The molecule has 1 aliphatic heterocycles. The van der Waals surface area contributed by atoms with Crippen LogP contribution in [0.25, 0.3) is 0 Å². The van der Waals surface area contributed by atoms with E-state index in [0.717, 1.165) is 31.7 Å². The molecule has 1 aromatic heterocycles. The Morgan fingerprint density at radius 2 is 1.88 bits per heavy atom. The van der Waals surface area contributed by atoms with Gasteiger partial charge in [-0.1, -0.05) is 6.07 Å². The molecule has 5 nitrogen and oxygen atoms in total. The third kappa shape index (κ3) is 3.14. The molecule has 1 saturated heterocycles. The van der Waals surface area contributed by atoms with E-state index in [1.54, 1.807) is 18.6 Å². The van der Waals surface area contributed by atoms with E-state index in [1.165, 1.54) is 18.9 Å². The SMILES string of the molecule is N#Cc1c(F)cccc1N1CCC(N(c2ccncn2)C2CC2)CC1. The van der Waals surface area contributed by atoms with Gasteiger partial charge in [0.05, 0.1) is 5.69 Å². The van der Waals surface area contributed by atoms with Gasteiger partial charge in [0.25, 0.3) is 0 Å². The summed E-state index contributed by atoms with van der Waals surface area (Å²) in [6.07, 6.45) is 7.77. The van der Waals surface area contributed by atoms with Crippen molar-refractivity contribution in [2.24, 2.45) is 0 Å². The second-order valence-electron chi connectivity index (χ2n) is 6.67. The zero-order valence-corrected chi connectivity index (χ0v) is 14.0. The maximum Gasteiger partial charge on any atom is 0.143 e. The van der Waals surface area contributed by atoms with E-state index in [9.17, 15) is 9.65 Å². The van der Waals surface area contributed by atoms with Crippen LogP contribution < -0.4 is 9.80 Å². The van der Waals surface area contributed by atoms with Crippen molar-refractivity contribution in [2.75, 3.05) is 22.9 Å². The van der Waals surface area contributed by atoms with Crippen LogP contribution in [0.4, 0.5) is 15.9 Å². The van der Waals surface area contributed by atoms with Crippen LogP contribution in [-0.2, 0) is 0 Å². The maximum absolute atomic E-state index is 13.9. The molecule has 1 saturated carbocycles.